The van der Waals surface area contributed by atoms with Crippen molar-refractivity contribution in [3.8, 4) is 0 Å². The molecule has 0 aromatic carbocycles. The Labute approximate surface area is 161 Å². The van der Waals surface area contributed by atoms with Crippen molar-refractivity contribution < 1.29 is 19.1 Å². The minimum atomic E-state index is -1.23. The van der Waals surface area contributed by atoms with Crippen LogP contribution in [0, 0.1) is 11.3 Å². The fraction of sp³-hybridized carbons (Fsp3) is 0.909. The Morgan fingerprint density at radius 2 is 1.31 bits per heavy atom. The normalized spacial score (nSPS) is 12.7. The maximum Gasteiger partial charge on any atom is 0.322 e. The highest BCUT2D eigenvalue weighted by Crippen LogP contribution is 2.22. The fourth-order valence-electron chi connectivity index (χ4n) is 2.76. The second-order valence-corrected chi connectivity index (χ2v) is 7.90. The smallest absolute Gasteiger partial charge is 0.322 e. The van der Waals surface area contributed by atoms with E-state index in [0.717, 1.165) is 38.5 Å². The van der Waals surface area contributed by atoms with E-state index in [9.17, 15) is 9.59 Å². The molecule has 1 atom stereocenters. The fourth-order valence-corrected chi connectivity index (χ4v) is 2.76. The van der Waals surface area contributed by atoms with Crippen LogP contribution >= 0.6 is 0 Å². The lowest BCUT2D eigenvalue weighted by Crippen LogP contribution is -2.37. The first-order valence-corrected chi connectivity index (χ1v) is 10.7. The maximum absolute atomic E-state index is 12.3. The molecule has 0 saturated carbocycles. The number of carbonyl (C=O) groups is 2. The number of rotatable bonds is 16. The molecule has 0 aliphatic rings. The molecule has 0 spiro atoms. The van der Waals surface area contributed by atoms with E-state index in [4.69, 9.17) is 9.47 Å². The summed E-state index contributed by atoms with van der Waals surface area (Å²) in [6, 6.07) is 0. The molecule has 0 aliphatic heterocycles. The number of hydrogen-bond acceptors (Lipinski definition) is 4. The van der Waals surface area contributed by atoms with Crippen LogP contribution in [-0.2, 0) is 19.1 Å². The highest BCUT2D eigenvalue weighted by molar-refractivity contribution is 5.99. The topological polar surface area (TPSA) is 52.6 Å². The zero-order valence-corrected chi connectivity index (χ0v) is 17.9. The monoisotopic (exact) mass is 370 g/mol. The Kier molecular flexibility index (Phi) is 14.4. The lowest BCUT2D eigenvalue weighted by molar-refractivity contribution is -0.170. The first kappa shape index (κ1) is 24.9. The van der Waals surface area contributed by atoms with Crippen molar-refractivity contribution in [1.29, 1.82) is 0 Å². The lowest BCUT2D eigenvalue weighted by atomic mass is 9.93. The van der Waals surface area contributed by atoms with Crippen LogP contribution in [0.5, 0.6) is 0 Å². The standard InChI is InChI=1S/C22H42O4/c1-6-9-11-12-13-14-15-17-25-20(23)22(4,5)21(24)26-18-19(8-3)16-10-7-2/h19H,6-18H2,1-5H3. The highest BCUT2D eigenvalue weighted by Gasteiger charge is 2.39. The van der Waals surface area contributed by atoms with E-state index < -0.39 is 17.4 Å². The molecule has 0 N–H and O–H groups in total. The minimum Gasteiger partial charge on any atom is -0.465 e. The van der Waals surface area contributed by atoms with Crippen LogP contribution in [0.3, 0.4) is 0 Å². The molecule has 1 unspecified atom stereocenters. The van der Waals surface area contributed by atoms with E-state index in [1.165, 1.54) is 32.1 Å². The first-order chi connectivity index (χ1) is 12.4. The molecule has 0 amide bonds. The molecule has 0 saturated heterocycles. The van der Waals surface area contributed by atoms with Gasteiger partial charge in [0.15, 0.2) is 5.41 Å². The second kappa shape index (κ2) is 15.0. The van der Waals surface area contributed by atoms with Crippen molar-refractivity contribution in [3.63, 3.8) is 0 Å². The van der Waals surface area contributed by atoms with Gasteiger partial charge in [-0.25, -0.2) is 0 Å². The third-order valence-electron chi connectivity index (χ3n) is 5.00. The predicted molar refractivity (Wildman–Crippen MR) is 107 cm³/mol. The molecule has 26 heavy (non-hydrogen) atoms. The molecule has 0 heterocycles. The van der Waals surface area contributed by atoms with Gasteiger partial charge in [-0.3, -0.25) is 9.59 Å². The van der Waals surface area contributed by atoms with Crippen molar-refractivity contribution in [2.75, 3.05) is 13.2 Å². The van der Waals surface area contributed by atoms with Crippen LogP contribution in [-0.4, -0.2) is 25.2 Å². The summed E-state index contributed by atoms with van der Waals surface area (Å²) in [5.41, 5.74) is -1.23. The SMILES string of the molecule is CCCCCCCCCOC(=O)C(C)(C)C(=O)OCC(CC)CCCC. The van der Waals surface area contributed by atoms with Gasteiger partial charge in [0, 0.05) is 0 Å². The minimum absolute atomic E-state index is 0.374. The van der Waals surface area contributed by atoms with Crippen molar-refractivity contribution in [2.45, 2.75) is 105 Å². The molecule has 0 rings (SSSR count). The molecule has 0 fully saturated rings. The second-order valence-electron chi connectivity index (χ2n) is 7.90. The average molecular weight is 371 g/mol. The van der Waals surface area contributed by atoms with E-state index in [1.54, 1.807) is 13.8 Å². The van der Waals surface area contributed by atoms with E-state index in [-0.39, 0.29) is 0 Å². The molecule has 0 aromatic rings. The Morgan fingerprint density at radius 3 is 1.88 bits per heavy atom. The summed E-state index contributed by atoms with van der Waals surface area (Å²) in [6.45, 7) is 10.4. The van der Waals surface area contributed by atoms with Gasteiger partial charge in [0.05, 0.1) is 13.2 Å². The van der Waals surface area contributed by atoms with Gasteiger partial charge in [0.25, 0.3) is 0 Å². The Balaban J connectivity index is 4.06. The largest absolute Gasteiger partial charge is 0.465 e. The van der Waals surface area contributed by atoms with Crippen molar-refractivity contribution >= 4 is 11.9 Å². The van der Waals surface area contributed by atoms with Gasteiger partial charge < -0.3 is 9.47 Å². The van der Waals surface area contributed by atoms with E-state index in [0.29, 0.717) is 19.1 Å². The predicted octanol–water partition coefficient (Wildman–Crippen LogP) is 6.07. The summed E-state index contributed by atoms with van der Waals surface area (Å²) < 4.78 is 10.7. The van der Waals surface area contributed by atoms with Gasteiger partial charge in [0.2, 0.25) is 0 Å². The Hall–Kier alpha value is -1.06. The van der Waals surface area contributed by atoms with Crippen molar-refractivity contribution in [3.05, 3.63) is 0 Å². The average Bonchev–Trinajstić information content (AvgIpc) is 2.63. The number of ether oxygens (including phenoxy) is 2. The van der Waals surface area contributed by atoms with Gasteiger partial charge in [-0.15, -0.1) is 0 Å². The Morgan fingerprint density at radius 1 is 0.769 bits per heavy atom. The summed E-state index contributed by atoms with van der Waals surface area (Å²) in [5, 5.41) is 0. The van der Waals surface area contributed by atoms with Gasteiger partial charge in [-0.1, -0.05) is 78.6 Å². The summed E-state index contributed by atoms with van der Waals surface area (Å²) >= 11 is 0. The Bertz CT molecular complexity index is 376. The van der Waals surface area contributed by atoms with Crippen LogP contribution in [0.4, 0.5) is 0 Å². The zero-order chi connectivity index (χ0) is 19.8. The van der Waals surface area contributed by atoms with Crippen LogP contribution in [0.15, 0.2) is 0 Å². The van der Waals surface area contributed by atoms with E-state index >= 15 is 0 Å². The number of hydrogen-bond donors (Lipinski definition) is 0. The van der Waals surface area contributed by atoms with Crippen LogP contribution < -0.4 is 0 Å². The highest BCUT2D eigenvalue weighted by atomic mass is 16.6. The molecule has 154 valence electrons. The van der Waals surface area contributed by atoms with Gasteiger partial charge >= 0.3 is 11.9 Å². The van der Waals surface area contributed by atoms with E-state index in [1.807, 2.05) is 0 Å². The summed E-state index contributed by atoms with van der Waals surface area (Å²) in [7, 11) is 0. The summed E-state index contributed by atoms with van der Waals surface area (Å²) in [6.07, 6.45) is 12.5. The summed E-state index contributed by atoms with van der Waals surface area (Å²) in [4.78, 5) is 24.6. The first-order valence-electron chi connectivity index (χ1n) is 10.7. The molecule has 0 radical (unpaired) electrons. The van der Waals surface area contributed by atoms with Gasteiger partial charge in [0.1, 0.15) is 0 Å². The van der Waals surface area contributed by atoms with Crippen LogP contribution in [0.25, 0.3) is 0 Å². The molecule has 4 heteroatoms. The number of esters is 2. The van der Waals surface area contributed by atoms with Crippen molar-refractivity contribution in [2.24, 2.45) is 11.3 Å². The maximum atomic E-state index is 12.3. The van der Waals surface area contributed by atoms with Crippen LogP contribution in [0.1, 0.15) is 105 Å². The van der Waals surface area contributed by atoms with Crippen LogP contribution in [0.2, 0.25) is 0 Å². The molecule has 4 nitrogen and oxygen atoms in total. The van der Waals surface area contributed by atoms with Gasteiger partial charge in [-0.2, -0.15) is 0 Å². The number of carbonyl (C=O) groups excluding carboxylic acids is 2. The third-order valence-corrected chi connectivity index (χ3v) is 5.00. The van der Waals surface area contributed by atoms with E-state index in [2.05, 4.69) is 20.8 Å². The molecular weight excluding hydrogens is 328 g/mol. The molecular formula is C22H42O4. The zero-order valence-electron chi connectivity index (χ0n) is 17.9. The quantitative estimate of drug-likeness (QED) is 0.188. The van der Waals surface area contributed by atoms with Gasteiger partial charge in [-0.05, 0) is 32.6 Å². The molecule has 0 bridgehead atoms. The third kappa shape index (κ3) is 10.8. The number of unbranched alkanes of at least 4 members (excludes halogenated alkanes) is 7. The summed E-state index contributed by atoms with van der Waals surface area (Å²) in [5.74, 6) is -0.578. The molecule has 0 aromatic heterocycles. The van der Waals surface area contributed by atoms with Crippen molar-refractivity contribution in [1.82, 2.24) is 0 Å². The molecule has 0 aliphatic carbocycles. The lowest BCUT2D eigenvalue weighted by Gasteiger charge is -2.22.